The molecule has 0 fully saturated rings. The second-order valence-electron chi connectivity index (χ2n) is 3.22. The van der Waals surface area contributed by atoms with E-state index in [1.165, 1.54) is 0 Å². The van der Waals surface area contributed by atoms with Crippen molar-refractivity contribution in [3.05, 3.63) is 18.1 Å². The fourth-order valence-electron chi connectivity index (χ4n) is 1.44. The van der Waals surface area contributed by atoms with Gasteiger partial charge in [0, 0.05) is 25.5 Å². The number of rotatable bonds is 5. The third-order valence-electron chi connectivity index (χ3n) is 2.11. The van der Waals surface area contributed by atoms with Gasteiger partial charge in [0.15, 0.2) is 5.82 Å². The Hall–Kier alpha value is -1.65. The Morgan fingerprint density at radius 1 is 1.40 bits per heavy atom. The molecule has 0 amide bonds. The van der Waals surface area contributed by atoms with Gasteiger partial charge in [-0.05, 0) is 13.3 Å². The fourth-order valence-corrected chi connectivity index (χ4v) is 1.44. The van der Waals surface area contributed by atoms with Gasteiger partial charge >= 0.3 is 0 Å². The number of nitrogens with two attached hydrogens (primary N) is 1. The van der Waals surface area contributed by atoms with Crippen LogP contribution in [0.4, 0.5) is 5.82 Å². The SMILES string of the molecule is CCCN(CC)c1nccnc1C(=N)N. The van der Waals surface area contributed by atoms with E-state index in [1.54, 1.807) is 12.4 Å². The van der Waals surface area contributed by atoms with Crippen molar-refractivity contribution in [3.63, 3.8) is 0 Å². The molecule has 0 aromatic carbocycles. The Balaban J connectivity index is 3.04. The molecule has 0 unspecified atom stereocenters. The molecule has 0 atom stereocenters. The van der Waals surface area contributed by atoms with Crippen LogP contribution in [0, 0.1) is 5.41 Å². The van der Waals surface area contributed by atoms with Gasteiger partial charge in [0.1, 0.15) is 11.5 Å². The summed E-state index contributed by atoms with van der Waals surface area (Å²) in [5.74, 6) is 0.669. The predicted molar refractivity (Wildman–Crippen MR) is 61.2 cm³/mol. The van der Waals surface area contributed by atoms with E-state index in [0.717, 1.165) is 19.5 Å². The van der Waals surface area contributed by atoms with Gasteiger partial charge in [-0.3, -0.25) is 5.41 Å². The standard InChI is InChI=1S/C10H17N5/c1-3-7-15(4-2)10-8(9(11)12)13-5-6-14-10/h5-6H,3-4,7H2,1-2H3,(H3,11,12). The Morgan fingerprint density at radius 2 is 2.07 bits per heavy atom. The second-order valence-corrected chi connectivity index (χ2v) is 3.22. The van der Waals surface area contributed by atoms with Gasteiger partial charge in [-0.25, -0.2) is 9.97 Å². The first-order valence-corrected chi connectivity index (χ1v) is 5.11. The number of aromatic nitrogens is 2. The van der Waals surface area contributed by atoms with Crippen molar-refractivity contribution in [2.24, 2.45) is 5.73 Å². The van der Waals surface area contributed by atoms with Crippen LogP contribution in [0.1, 0.15) is 26.0 Å². The lowest BCUT2D eigenvalue weighted by molar-refractivity contribution is 0.773. The normalized spacial score (nSPS) is 10.0. The highest BCUT2D eigenvalue weighted by molar-refractivity contribution is 5.97. The summed E-state index contributed by atoms with van der Waals surface area (Å²) < 4.78 is 0. The highest BCUT2D eigenvalue weighted by atomic mass is 15.2. The van der Waals surface area contributed by atoms with Crippen molar-refractivity contribution in [1.82, 2.24) is 9.97 Å². The van der Waals surface area contributed by atoms with Crippen LogP contribution in [-0.2, 0) is 0 Å². The van der Waals surface area contributed by atoms with E-state index in [4.69, 9.17) is 11.1 Å². The fraction of sp³-hybridized carbons (Fsp3) is 0.500. The lowest BCUT2D eigenvalue weighted by Gasteiger charge is -2.22. The number of hydrogen-bond donors (Lipinski definition) is 2. The van der Waals surface area contributed by atoms with Gasteiger partial charge < -0.3 is 10.6 Å². The molecule has 5 heteroatoms. The molecule has 0 spiro atoms. The minimum Gasteiger partial charge on any atom is -0.382 e. The van der Waals surface area contributed by atoms with E-state index in [2.05, 4.69) is 21.8 Å². The molecule has 0 aliphatic rings. The Kier molecular flexibility index (Phi) is 4.03. The molecule has 0 saturated carbocycles. The average molecular weight is 207 g/mol. The molecule has 1 rings (SSSR count). The molecule has 15 heavy (non-hydrogen) atoms. The summed E-state index contributed by atoms with van der Waals surface area (Å²) >= 11 is 0. The number of anilines is 1. The van der Waals surface area contributed by atoms with E-state index in [9.17, 15) is 0 Å². The van der Waals surface area contributed by atoms with Crippen LogP contribution in [0.25, 0.3) is 0 Å². The molecule has 3 N–H and O–H groups in total. The third kappa shape index (κ3) is 2.65. The maximum absolute atomic E-state index is 7.43. The molecular formula is C10H17N5. The second kappa shape index (κ2) is 5.29. The third-order valence-corrected chi connectivity index (χ3v) is 2.11. The zero-order valence-corrected chi connectivity index (χ0v) is 9.20. The smallest absolute Gasteiger partial charge is 0.158 e. The zero-order chi connectivity index (χ0) is 11.3. The molecular weight excluding hydrogens is 190 g/mol. The van der Waals surface area contributed by atoms with Crippen LogP contribution in [-0.4, -0.2) is 28.9 Å². The first-order chi connectivity index (χ1) is 7.20. The highest BCUT2D eigenvalue weighted by Gasteiger charge is 2.13. The van der Waals surface area contributed by atoms with Crippen LogP contribution in [0.2, 0.25) is 0 Å². The van der Waals surface area contributed by atoms with Crippen molar-refractivity contribution in [2.75, 3.05) is 18.0 Å². The van der Waals surface area contributed by atoms with E-state index >= 15 is 0 Å². The van der Waals surface area contributed by atoms with Crippen molar-refractivity contribution in [1.29, 1.82) is 5.41 Å². The van der Waals surface area contributed by atoms with Crippen LogP contribution in [0.3, 0.4) is 0 Å². The summed E-state index contributed by atoms with van der Waals surface area (Å²) in [6, 6.07) is 0. The molecule has 1 aromatic heterocycles. The lowest BCUT2D eigenvalue weighted by Crippen LogP contribution is -2.28. The number of amidine groups is 1. The van der Waals surface area contributed by atoms with E-state index in [1.807, 2.05) is 6.92 Å². The van der Waals surface area contributed by atoms with E-state index in [-0.39, 0.29) is 5.84 Å². The minimum atomic E-state index is -0.0346. The zero-order valence-electron chi connectivity index (χ0n) is 9.20. The highest BCUT2D eigenvalue weighted by Crippen LogP contribution is 2.14. The first-order valence-electron chi connectivity index (χ1n) is 5.11. The van der Waals surface area contributed by atoms with Crippen LogP contribution in [0.15, 0.2) is 12.4 Å². The molecule has 0 radical (unpaired) electrons. The number of hydrogen-bond acceptors (Lipinski definition) is 4. The molecule has 1 heterocycles. The molecule has 82 valence electrons. The quantitative estimate of drug-likeness (QED) is 0.557. The van der Waals surface area contributed by atoms with Gasteiger partial charge in [0.05, 0.1) is 0 Å². The summed E-state index contributed by atoms with van der Waals surface area (Å²) in [4.78, 5) is 10.4. The Labute approximate surface area is 89.8 Å². The summed E-state index contributed by atoms with van der Waals surface area (Å²) in [6.07, 6.45) is 4.21. The summed E-state index contributed by atoms with van der Waals surface area (Å²) in [5.41, 5.74) is 5.92. The van der Waals surface area contributed by atoms with Crippen LogP contribution in [0.5, 0.6) is 0 Å². The monoisotopic (exact) mass is 207 g/mol. The molecule has 0 aliphatic heterocycles. The van der Waals surface area contributed by atoms with Crippen LogP contribution >= 0.6 is 0 Å². The Morgan fingerprint density at radius 3 is 2.60 bits per heavy atom. The van der Waals surface area contributed by atoms with E-state index < -0.39 is 0 Å². The summed E-state index contributed by atoms with van der Waals surface area (Å²) in [7, 11) is 0. The average Bonchev–Trinajstić information content (AvgIpc) is 2.26. The maximum Gasteiger partial charge on any atom is 0.158 e. The van der Waals surface area contributed by atoms with Crippen molar-refractivity contribution < 1.29 is 0 Å². The van der Waals surface area contributed by atoms with Crippen molar-refractivity contribution >= 4 is 11.7 Å². The number of nitrogen functional groups attached to an aromatic ring is 1. The van der Waals surface area contributed by atoms with Crippen LogP contribution < -0.4 is 10.6 Å². The topological polar surface area (TPSA) is 78.9 Å². The summed E-state index contributed by atoms with van der Waals surface area (Å²) in [5, 5.41) is 7.43. The van der Waals surface area contributed by atoms with Gasteiger partial charge in [0.25, 0.3) is 0 Å². The van der Waals surface area contributed by atoms with Gasteiger partial charge in [-0.15, -0.1) is 0 Å². The number of nitrogens with zero attached hydrogens (tertiary/aromatic N) is 3. The largest absolute Gasteiger partial charge is 0.382 e. The van der Waals surface area contributed by atoms with Gasteiger partial charge in [0.2, 0.25) is 0 Å². The van der Waals surface area contributed by atoms with Crippen molar-refractivity contribution in [3.8, 4) is 0 Å². The van der Waals surface area contributed by atoms with Crippen molar-refractivity contribution in [2.45, 2.75) is 20.3 Å². The molecule has 0 aliphatic carbocycles. The molecule has 0 saturated heterocycles. The molecule has 0 bridgehead atoms. The molecule has 5 nitrogen and oxygen atoms in total. The van der Waals surface area contributed by atoms with Gasteiger partial charge in [-0.2, -0.15) is 0 Å². The predicted octanol–water partition coefficient (Wildman–Crippen LogP) is 0.997. The lowest BCUT2D eigenvalue weighted by atomic mass is 10.3. The summed E-state index contributed by atoms with van der Waals surface area (Å²) in [6.45, 7) is 5.89. The first kappa shape index (κ1) is 11.4. The number of nitrogens with one attached hydrogen (secondary N) is 1. The molecule has 1 aromatic rings. The maximum atomic E-state index is 7.43. The Bertz CT molecular complexity index is 336. The van der Waals surface area contributed by atoms with E-state index in [0.29, 0.717) is 11.5 Å². The van der Waals surface area contributed by atoms with Gasteiger partial charge in [-0.1, -0.05) is 6.92 Å². The minimum absolute atomic E-state index is 0.0346.